The smallest absolute Gasteiger partial charge is 0.475 e. The van der Waals surface area contributed by atoms with E-state index in [1.807, 2.05) is 22.9 Å². The van der Waals surface area contributed by atoms with Gasteiger partial charge in [0.15, 0.2) is 5.82 Å². The van der Waals surface area contributed by atoms with Crippen LogP contribution >= 0.6 is 0 Å². The summed E-state index contributed by atoms with van der Waals surface area (Å²) < 4.78 is 66.5. The lowest BCUT2D eigenvalue weighted by Gasteiger charge is -2.34. The van der Waals surface area contributed by atoms with Crippen molar-refractivity contribution in [3.8, 4) is 5.88 Å². The quantitative estimate of drug-likeness (QED) is 0.710. The molecule has 7 nitrogen and oxygen atoms in total. The van der Waals surface area contributed by atoms with E-state index in [2.05, 4.69) is 4.98 Å². The van der Waals surface area contributed by atoms with E-state index in [4.69, 9.17) is 14.6 Å². The number of alkyl halides is 4. The molecular weight excluding hydrogens is 441 g/mol. The molecule has 0 spiro atoms. The van der Waals surface area contributed by atoms with Gasteiger partial charge in [-0.2, -0.15) is 13.2 Å². The van der Waals surface area contributed by atoms with Crippen molar-refractivity contribution in [2.45, 2.75) is 44.4 Å². The Labute approximate surface area is 179 Å². The highest BCUT2D eigenvalue weighted by atomic mass is 19.4. The minimum absolute atomic E-state index is 0.0568. The first kappa shape index (κ1) is 23.5. The van der Waals surface area contributed by atoms with Gasteiger partial charge in [-0.25, -0.2) is 18.6 Å². The van der Waals surface area contributed by atoms with Gasteiger partial charge in [0.1, 0.15) is 12.3 Å². The Balaban J connectivity index is 0.000000360. The van der Waals surface area contributed by atoms with Gasteiger partial charge in [0, 0.05) is 24.0 Å². The van der Waals surface area contributed by atoms with Crippen LogP contribution in [0.5, 0.6) is 5.88 Å². The van der Waals surface area contributed by atoms with Crippen LogP contribution in [0.15, 0.2) is 36.7 Å². The van der Waals surface area contributed by atoms with Crippen molar-refractivity contribution in [3.05, 3.63) is 48.2 Å². The van der Waals surface area contributed by atoms with E-state index in [1.165, 1.54) is 18.3 Å². The van der Waals surface area contributed by atoms with E-state index in [0.717, 1.165) is 5.69 Å². The van der Waals surface area contributed by atoms with Crippen LogP contribution in [0.1, 0.15) is 18.5 Å². The maximum absolute atomic E-state index is 13.9. The fourth-order valence-corrected chi connectivity index (χ4v) is 3.42. The first-order valence-corrected chi connectivity index (χ1v) is 9.68. The number of aromatic nitrogens is 2. The van der Waals surface area contributed by atoms with Crippen molar-refractivity contribution >= 4 is 11.9 Å². The molecule has 2 aliphatic rings. The van der Waals surface area contributed by atoms with Crippen molar-refractivity contribution in [1.29, 1.82) is 0 Å². The van der Waals surface area contributed by atoms with Gasteiger partial charge in [-0.05, 0) is 37.1 Å². The number of carboxylic acid groups (broad SMARTS) is 1. The number of fused-ring (bicyclic) bond motifs is 1. The Hall–Kier alpha value is -3.18. The Bertz CT molecular complexity index is 959. The molecular formula is C20H20F5N3O4. The van der Waals surface area contributed by atoms with Gasteiger partial charge < -0.3 is 19.3 Å². The molecule has 2 aromatic heterocycles. The van der Waals surface area contributed by atoms with Crippen molar-refractivity contribution in [2.24, 2.45) is 5.92 Å². The van der Waals surface area contributed by atoms with Crippen molar-refractivity contribution < 1.29 is 41.4 Å². The van der Waals surface area contributed by atoms with Gasteiger partial charge in [-0.1, -0.05) is 0 Å². The second-order valence-corrected chi connectivity index (χ2v) is 7.47. The third-order valence-corrected chi connectivity index (χ3v) is 5.09. The van der Waals surface area contributed by atoms with Gasteiger partial charge in [0.25, 0.3) is 5.88 Å². The molecule has 174 valence electrons. The molecule has 3 heterocycles. The molecule has 1 aliphatic heterocycles. The molecule has 12 heteroatoms. The van der Waals surface area contributed by atoms with Crippen molar-refractivity contribution in [2.75, 3.05) is 6.54 Å². The van der Waals surface area contributed by atoms with E-state index in [1.54, 1.807) is 4.90 Å². The third kappa shape index (κ3) is 5.74. The summed E-state index contributed by atoms with van der Waals surface area (Å²) in [4.78, 5) is 27.2. The summed E-state index contributed by atoms with van der Waals surface area (Å²) in [5, 5.41) is 7.12. The second kappa shape index (κ2) is 9.53. The molecule has 1 amide bonds. The predicted molar refractivity (Wildman–Crippen MR) is 99.8 cm³/mol. The average Bonchev–Trinajstić information content (AvgIpc) is 3.05. The number of carbonyl (C=O) groups excluding carboxylic acids is 1. The van der Waals surface area contributed by atoms with Gasteiger partial charge in [0.2, 0.25) is 5.91 Å². The molecule has 1 N–H and O–H groups in total. The van der Waals surface area contributed by atoms with Crippen LogP contribution in [0, 0.1) is 11.7 Å². The maximum atomic E-state index is 13.9. The topological polar surface area (TPSA) is 84.7 Å². The van der Waals surface area contributed by atoms with Gasteiger partial charge in [-0.15, -0.1) is 0 Å². The highest BCUT2D eigenvalue weighted by molar-refractivity contribution is 5.80. The monoisotopic (exact) mass is 461 g/mol. The van der Waals surface area contributed by atoms with Crippen LogP contribution in [0.2, 0.25) is 0 Å². The van der Waals surface area contributed by atoms with Gasteiger partial charge in [-0.3, -0.25) is 4.79 Å². The van der Waals surface area contributed by atoms with Crippen molar-refractivity contribution in [3.63, 3.8) is 0 Å². The van der Waals surface area contributed by atoms with Crippen LogP contribution in [0.4, 0.5) is 22.0 Å². The molecule has 2 aromatic rings. The van der Waals surface area contributed by atoms with E-state index >= 15 is 0 Å². The number of rotatable bonds is 3. The number of nitrogens with zero attached hydrogens (tertiary/aromatic N) is 3. The number of hydrogen-bond donors (Lipinski definition) is 1. The van der Waals surface area contributed by atoms with Crippen LogP contribution in [-0.4, -0.2) is 56.4 Å². The second-order valence-electron chi connectivity index (χ2n) is 7.47. The Morgan fingerprint density at radius 3 is 2.44 bits per heavy atom. The van der Waals surface area contributed by atoms with E-state index in [-0.39, 0.29) is 30.5 Å². The van der Waals surface area contributed by atoms with Gasteiger partial charge in [0.05, 0.1) is 19.6 Å². The standard InChI is InChI=1S/C18H19F2N3O2.C2HF3O2/c19-13-7-12(8-13)18(24)23-9-14-3-2-6-22(14)10-15(11-23)25-17-16(20)4-1-5-21-17;3-2(4,5)1(6)7/h1-6,12-13,15H,7-11H2;(H,6,7). The molecule has 1 aliphatic carbocycles. The van der Waals surface area contributed by atoms with Crippen molar-refractivity contribution in [1.82, 2.24) is 14.5 Å². The van der Waals surface area contributed by atoms with Gasteiger partial charge >= 0.3 is 12.1 Å². The highest BCUT2D eigenvalue weighted by Gasteiger charge is 2.39. The minimum Gasteiger partial charge on any atom is -0.475 e. The molecule has 32 heavy (non-hydrogen) atoms. The zero-order chi connectivity index (χ0) is 23.5. The van der Waals surface area contributed by atoms with Crippen LogP contribution in [0.25, 0.3) is 0 Å². The number of amides is 1. The van der Waals surface area contributed by atoms with Crippen LogP contribution in [-0.2, 0) is 22.7 Å². The summed E-state index contributed by atoms with van der Waals surface area (Å²) in [7, 11) is 0. The number of pyridine rings is 1. The lowest BCUT2D eigenvalue weighted by Crippen LogP contribution is -2.45. The van der Waals surface area contributed by atoms with E-state index in [9.17, 15) is 26.7 Å². The molecule has 4 rings (SSSR count). The molecule has 0 bridgehead atoms. The number of carboxylic acids is 1. The van der Waals surface area contributed by atoms with Crippen LogP contribution < -0.4 is 4.74 Å². The zero-order valence-electron chi connectivity index (χ0n) is 16.6. The summed E-state index contributed by atoms with van der Waals surface area (Å²) in [6.07, 6.45) is -2.43. The fraction of sp³-hybridized carbons (Fsp3) is 0.450. The Morgan fingerprint density at radius 2 is 1.84 bits per heavy atom. The first-order valence-electron chi connectivity index (χ1n) is 9.68. The largest absolute Gasteiger partial charge is 0.490 e. The normalized spacial score (nSPS) is 22.5. The number of carbonyl (C=O) groups is 2. The third-order valence-electron chi connectivity index (χ3n) is 5.09. The molecule has 0 aromatic carbocycles. The molecule has 1 saturated carbocycles. The zero-order valence-corrected chi connectivity index (χ0v) is 16.6. The molecule has 1 fully saturated rings. The predicted octanol–water partition coefficient (Wildman–Crippen LogP) is 3.19. The molecule has 0 radical (unpaired) electrons. The number of halogens is 5. The lowest BCUT2D eigenvalue weighted by molar-refractivity contribution is -0.192. The summed E-state index contributed by atoms with van der Waals surface area (Å²) in [6, 6.07) is 6.64. The summed E-state index contributed by atoms with van der Waals surface area (Å²) in [6.45, 7) is 1.27. The molecule has 1 atom stereocenters. The Kier molecular flexibility index (Phi) is 6.99. The average molecular weight is 461 g/mol. The maximum Gasteiger partial charge on any atom is 0.490 e. The first-order chi connectivity index (χ1) is 15.0. The molecule has 0 saturated heterocycles. The Morgan fingerprint density at radius 1 is 1.16 bits per heavy atom. The number of aliphatic carboxylic acids is 1. The highest BCUT2D eigenvalue weighted by Crippen LogP contribution is 2.32. The number of hydrogen-bond acceptors (Lipinski definition) is 4. The minimum atomic E-state index is -5.08. The summed E-state index contributed by atoms with van der Waals surface area (Å²) in [5.41, 5.74) is 0.983. The fourth-order valence-electron chi connectivity index (χ4n) is 3.42. The van der Waals surface area contributed by atoms with E-state index < -0.39 is 30.2 Å². The SMILES string of the molecule is O=C(C1CC(F)C1)N1Cc2cccn2CC(Oc2ncccc2F)C1.O=C(O)C(F)(F)F. The summed E-state index contributed by atoms with van der Waals surface area (Å²) in [5.74, 6) is -3.67. The summed E-state index contributed by atoms with van der Waals surface area (Å²) >= 11 is 0. The molecule has 1 unspecified atom stereocenters. The van der Waals surface area contributed by atoms with E-state index in [0.29, 0.717) is 19.6 Å². The van der Waals surface area contributed by atoms with Crippen LogP contribution in [0.3, 0.4) is 0 Å². The lowest BCUT2D eigenvalue weighted by atomic mass is 9.82. The number of ether oxygens (including phenoxy) is 1.